The van der Waals surface area contributed by atoms with Crippen LogP contribution >= 0.6 is 0 Å². The molecule has 3 heteroatoms. The molecule has 0 aromatic heterocycles. The zero-order valence-corrected chi connectivity index (χ0v) is 11.9. The van der Waals surface area contributed by atoms with Crippen LogP contribution < -0.4 is 0 Å². The topological polar surface area (TPSA) is 29.5 Å². The van der Waals surface area contributed by atoms with Gasteiger partial charge in [0.2, 0.25) is 0 Å². The van der Waals surface area contributed by atoms with Gasteiger partial charge in [0.15, 0.2) is 0 Å². The van der Waals surface area contributed by atoms with Crippen molar-refractivity contribution in [3.8, 4) is 0 Å². The number of nitrogens with zero attached hydrogens (tertiary/aromatic N) is 1. The fourth-order valence-corrected chi connectivity index (χ4v) is 4.06. The summed E-state index contributed by atoms with van der Waals surface area (Å²) in [4.78, 5) is 14.2. The zero-order chi connectivity index (χ0) is 13.0. The summed E-state index contributed by atoms with van der Waals surface area (Å²) in [5.74, 6) is -0.0128. The van der Waals surface area contributed by atoms with Crippen LogP contribution in [0.2, 0.25) is 0 Å². The van der Waals surface area contributed by atoms with Crippen LogP contribution in [0.15, 0.2) is 0 Å². The van der Waals surface area contributed by atoms with E-state index < -0.39 is 0 Å². The summed E-state index contributed by atoms with van der Waals surface area (Å²) in [7, 11) is 2.18. The van der Waals surface area contributed by atoms with Crippen molar-refractivity contribution < 1.29 is 9.53 Å². The van der Waals surface area contributed by atoms with Crippen molar-refractivity contribution in [3.63, 3.8) is 0 Å². The zero-order valence-electron chi connectivity index (χ0n) is 11.9. The molecule has 104 valence electrons. The molecular weight excluding hydrogens is 226 g/mol. The molecule has 1 unspecified atom stereocenters. The van der Waals surface area contributed by atoms with Gasteiger partial charge in [-0.2, -0.15) is 0 Å². The van der Waals surface area contributed by atoms with Crippen molar-refractivity contribution in [2.24, 2.45) is 5.41 Å². The summed E-state index contributed by atoms with van der Waals surface area (Å²) in [5.41, 5.74) is 0.401. The van der Waals surface area contributed by atoms with E-state index in [0.29, 0.717) is 24.5 Å². The van der Waals surface area contributed by atoms with Gasteiger partial charge in [0.05, 0.1) is 13.0 Å². The predicted octanol–water partition coefficient (Wildman–Crippen LogP) is 2.98. The Labute approximate surface area is 111 Å². The van der Waals surface area contributed by atoms with E-state index in [4.69, 9.17) is 4.74 Å². The smallest absolute Gasteiger partial charge is 0.307 e. The second kappa shape index (κ2) is 6.05. The van der Waals surface area contributed by atoms with Crippen LogP contribution in [-0.4, -0.2) is 37.1 Å². The molecule has 2 aliphatic rings. The van der Waals surface area contributed by atoms with Crippen molar-refractivity contribution in [1.82, 2.24) is 4.90 Å². The molecule has 0 aromatic carbocycles. The standard InChI is InChI=1S/C15H27NO2/c1-3-18-14(17)12-13-15(8-5-4-6-9-15)10-7-11-16(13)2/h13H,3-12H2,1-2H3. The van der Waals surface area contributed by atoms with Gasteiger partial charge in [-0.3, -0.25) is 4.79 Å². The van der Waals surface area contributed by atoms with Crippen LogP contribution in [0.4, 0.5) is 0 Å². The predicted molar refractivity (Wildman–Crippen MR) is 72.4 cm³/mol. The van der Waals surface area contributed by atoms with Gasteiger partial charge in [-0.1, -0.05) is 19.3 Å². The highest BCUT2D eigenvalue weighted by Crippen LogP contribution is 2.48. The number of rotatable bonds is 3. The fourth-order valence-electron chi connectivity index (χ4n) is 4.06. The van der Waals surface area contributed by atoms with Crippen molar-refractivity contribution in [2.45, 2.75) is 64.3 Å². The van der Waals surface area contributed by atoms with E-state index in [1.807, 2.05) is 6.92 Å². The lowest BCUT2D eigenvalue weighted by molar-refractivity contribution is -0.147. The Balaban J connectivity index is 2.07. The molecule has 1 atom stereocenters. The number of piperidine rings is 1. The normalized spacial score (nSPS) is 28.2. The van der Waals surface area contributed by atoms with E-state index in [1.165, 1.54) is 44.9 Å². The molecule has 1 saturated carbocycles. The first-order valence-corrected chi connectivity index (χ1v) is 7.54. The number of ether oxygens (including phenoxy) is 1. The minimum atomic E-state index is -0.0128. The van der Waals surface area contributed by atoms with Crippen LogP contribution in [0.1, 0.15) is 58.3 Å². The molecule has 2 fully saturated rings. The van der Waals surface area contributed by atoms with Gasteiger partial charge in [-0.05, 0) is 51.6 Å². The first-order valence-electron chi connectivity index (χ1n) is 7.54. The molecule has 1 aliphatic carbocycles. The molecule has 18 heavy (non-hydrogen) atoms. The van der Waals surface area contributed by atoms with Gasteiger partial charge in [0, 0.05) is 6.04 Å². The van der Waals surface area contributed by atoms with E-state index in [-0.39, 0.29) is 5.97 Å². The molecule has 1 heterocycles. The van der Waals surface area contributed by atoms with Crippen LogP contribution in [0.3, 0.4) is 0 Å². The van der Waals surface area contributed by atoms with Crippen LogP contribution in [0, 0.1) is 5.41 Å². The van der Waals surface area contributed by atoms with Crippen LogP contribution in [-0.2, 0) is 9.53 Å². The van der Waals surface area contributed by atoms with Crippen LogP contribution in [0.25, 0.3) is 0 Å². The van der Waals surface area contributed by atoms with Gasteiger partial charge in [-0.15, -0.1) is 0 Å². The maximum Gasteiger partial charge on any atom is 0.307 e. The highest BCUT2D eigenvalue weighted by atomic mass is 16.5. The minimum absolute atomic E-state index is 0.0128. The Bertz CT molecular complexity index is 279. The SMILES string of the molecule is CCOC(=O)CC1N(C)CCCC12CCCCC2. The first-order chi connectivity index (χ1) is 8.68. The van der Waals surface area contributed by atoms with E-state index in [0.717, 1.165) is 6.54 Å². The van der Waals surface area contributed by atoms with E-state index in [1.54, 1.807) is 0 Å². The molecule has 0 radical (unpaired) electrons. The second-order valence-electron chi connectivity index (χ2n) is 6.03. The van der Waals surface area contributed by atoms with Crippen molar-refractivity contribution in [3.05, 3.63) is 0 Å². The Morgan fingerprint density at radius 3 is 2.56 bits per heavy atom. The third-order valence-corrected chi connectivity index (χ3v) is 4.94. The number of carbonyl (C=O) groups is 1. The van der Waals surface area contributed by atoms with Gasteiger partial charge >= 0.3 is 5.97 Å². The molecule has 0 bridgehead atoms. The number of hydrogen-bond donors (Lipinski definition) is 0. The molecule has 1 aliphatic heterocycles. The van der Waals surface area contributed by atoms with E-state index >= 15 is 0 Å². The Hall–Kier alpha value is -0.570. The minimum Gasteiger partial charge on any atom is -0.466 e. The van der Waals surface area contributed by atoms with E-state index in [9.17, 15) is 4.79 Å². The van der Waals surface area contributed by atoms with Crippen LogP contribution in [0.5, 0.6) is 0 Å². The quantitative estimate of drug-likeness (QED) is 0.724. The average Bonchev–Trinajstić information content (AvgIpc) is 2.36. The Kier molecular flexibility index (Phi) is 4.66. The number of hydrogen-bond acceptors (Lipinski definition) is 3. The lowest BCUT2D eigenvalue weighted by Gasteiger charge is -2.51. The maximum atomic E-state index is 11.8. The third kappa shape index (κ3) is 2.87. The summed E-state index contributed by atoms with van der Waals surface area (Å²) in [6.45, 7) is 3.52. The molecule has 0 aromatic rings. The highest BCUT2D eigenvalue weighted by Gasteiger charge is 2.44. The third-order valence-electron chi connectivity index (χ3n) is 4.94. The molecular formula is C15H27NO2. The molecule has 0 amide bonds. The second-order valence-corrected chi connectivity index (χ2v) is 6.03. The number of esters is 1. The Morgan fingerprint density at radius 2 is 1.89 bits per heavy atom. The molecule has 1 saturated heterocycles. The van der Waals surface area contributed by atoms with Crippen molar-refractivity contribution in [2.75, 3.05) is 20.2 Å². The maximum absolute atomic E-state index is 11.8. The van der Waals surface area contributed by atoms with Gasteiger partial charge in [0.1, 0.15) is 0 Å². The van der Waals surface area contributed by atoms with Crippen molar-refractivity contribution in [1.29, 1.82) is 0 Å². The van der Waals surface area contributed by atoms with Gasteiger partial charge < -0.3 is 9.64 Å². The molecule has 0 N–H and O–H groups in total. The summed E-state index contributed by atoms with van der Waals surface area (Å²) >= 11 is 0. The van der Waals surface area contributed by atoms with Gasteiger partial charge in [-0.25, -0.2) is 0 Å². The highest BCUT2D eigenvalue weighted by molar-refractivity contribution is 5.70. The first kappa shape index (κ1) is 13.9. The van der Waals surface area contributed by atoms with Gasteiger partial charge in [0.25, 0.3) is 0 Å². The number of carbonyl (C=O) groups excluding carboxylic acids is 1. The molecule has 3 nitrogen and oxygen atoms in total. The largest absolute Gasteiger partial charge is 0.466 e. The summed E-state index contributed by atoms with van der Waals surface area (Å²) in [6, 6.07) is 0.408. The monoisotopic (exact) mass is 253 g/mol. The Morgan fingerprint density at radius 1 is 1.22 bits per heavy atom. The molecule has 1 spiro atoms. The summed E-state index contributed by atoms with van der Waals surface area (Å²) < 4.78 is 5.16. The van der Waals surface area contributed by atoms with E-state index in [2.05, 4.69) is 11.9 Å². The average molecular weight is 253 g/mol. The summed E-state index contributed by atoms with van der Waals surface area (Å²) in [6.07, 6.45) is 9.85. The lowest BCUT2D eigenvalue weighted by Crippen LogP contribution is -2.52. The lowest BCUT2D eigenvalue weighted by atomic mass is 9.63. The summed E-state index contributed by atoms with van der Waals surface area (Å²) in [5, 5.41) is 0. The van der Waals surface area contributed by atoms with Crippen molar-refractivity contribution >= 4 is 5.97 Å². The number of likely N-dealkylation sites (tertiary alicyclic amines) is 1. The fraction of sp³-hybridized carbons (Fsp3) is 0.933. The molecule has 2 rings (SSSR count).